The lowest BCUT2D eigenvalue weighted by Crippen LogP contribution is -2.39. The van der Waals surface area contributed by atoms with Gasteiger partial charge in [-0.3, -0.25) is 4.79 Å². The predicted molar refractivity (Wildman–Crippen MR) is 68.5 cm³/mol. The zero-order valence-electron chi connectivity index (χ0n) is 11.4. The van der Waals surface area contributed by atoms with Crippen molar-refractivity contribution in [2.45, 2.75) is 32.8 Å². The first kappa shape index (κ1) is 14.7. The van der Waals surface area contributed by atoms with Crippen LogP contribution in [0.5, 0.6) is 0 Å². The third-order valence-electron chi connectivity index (χ3n) is 3.56. The molecule has 6 nitrogen and oxygen atoms in total. The lowest BCUT2D eigenvalue weighted by atomic mass is 9.84. The highest BCUT2D eigenvalue weighted by atomic mass is 16.8. The van der Waals surface area contributed by atoms with Gasteiger partial charge in [0.25, 0.3) is 0 Å². The molecule has 1 N–H and O–H groups in total. The second kappa shape index (κ2) is 6.19. The Morgan fingerprint density at radius 1 is 1.65 bits per heavy atom. The molecule has 0 aromatic carbocycles. The fourth-order valence-corrected chi connectivity index (χ4v) is 2.67. The fraction of sp³-hybridized carbons (Fsp3) is 0.571. The van der Waals surface area contributed by atoms with E-state index >= 15 is 0 Å². The van der Waals surface area contributed by atoms with Crippen molar-refractivity contribution in [3.05, 3.63) is 23.5 Å². The topological polar surface area (TPSA) is 82.1 Å². The molecular formula is C14H18O6. The van der Waals surface area contributed by atoms with Gasteiger partial charge in [0.15, 0.2) is 6.29 Å². The molecule has 0 amide bonds. The molecule has 0 saturated carbocycles. The van der Waals surface area contributed by atoms with Gasteiger partial charge in [-0.05, 0) is 25.8 Å². The molecule has 1 aliphatic heterocycles. The number of allylic oxidation sites excluding steroid dienone is 1. The van der Waals surface area contributed by atoms with Crippen molar-refractivity contribution in [3.63, 3.8) is 0 Å². The molecule has 4 atom stereocenters. The number of hydrogen-bond acceptors (Lipinski definition) is 5. The summed E-state index contributed by atoms with van der Waals surface area (Å²) >= 11 is 0. The van der Waals surface area contributed by atoms with Crippen molar-refractivity contribution in [2.24, 2.45) is 11.8 Å². The Hall–Kier alpha value is -1.66. The van der Waals surface area contributed by atoms with Crippen LogP contribution in [0.3, 0.4) is 0 Å². The number of rotatable bonds is 6. The molecular weight excluding hydrogens is 264 g/mol. The Bertz CT molecular complexity index is 453. The summed E-state index contributed by atoms with van der Waals surface area (Å²) in [6.45, 7) is 4.07. The summed E-state index contributed by atoms with van der Waals surface area (Å²) in [5, 5.41) is 9.17. The minimum atomic E-state index is -1.03. The second-order valence-electron chi connectivity index (χ2n) is 4.73. The van der Waals surface area contributed by atoms with E-state index in [0.29, 0.717) is 18.6 Å². The molecule has 0 aromatic rings. The van der Waals surface area contributed by atoms with E-state index in [0.717, 1.165) is 6.29 Å². The van der Waals surface area contributed by atoms with Gasteiger partial charge in [-0.1, -0.05) is 6.08 Å². The quantitative estimate of drug-likeness (QED) is 0.587. The van der Waals surface area contributed by atoms with E-state index in [-0.39, 0.29) is 11.5 Å². The molecule has 2 rings (SSSR count). The number of aliphatic carboxylic acids is 1. The van der Waals surface area contributed by atoms with Crippen LogP contribution < -0.4 is 0 Å². The number of carboxylic acid groups (broad SMARTS) is 1. The average Bonchev–Trinajstić information content (AvgIpc) is 2.83. The maximum absolute atomic E-state index is 11.2. The van der Waals surface area contributed by atoms with E-state index in [4.69, 9.17) is 14.2 Å². The van der Waals surface area contributed by atoms with Gasteiger partial charge in [-0.2, -0.15) is 0 Å². The first-order valence-electron chi connectivity index (χ1n) is 6.59. The van der Waals surface area contributed by atoms with Crippen molar-refractivity contribution in [1.82, 2.24) is 0 Å². The van der Waals surface area contributed by atoms with Crippen LogP contribution in [0.1, 0.15) is 20.3 Å². The van der Waals surface area contributed by atoms with Gasteiger partial charge in [0.1, 0.15) is 6.29 Å². The summed E-state index contributed by atoms with van der Waals surface area (Å²) in [7, 11) is 0. The maximum atomic E-state index is 11.2. The number of carbonyl (C=O) groups excluding carboxylic acids is 1. The van der Waals surface area contributed by atoms with Crippen LogP contribution in [0.2, 0.25) is 0 Å². The van der Waals surface area contributed by atoms with Crippen LogP contribution in [0.15, 0.2) is 23.5 Å². The molecule has 0 spiro atoms. The minimum absolute atomic E-state index is 0.173. The third-order valence-corrected chi connectivity index (χ3v) is 3.56. The van der Waals surface area contributed by atoms with E-state index < -0.39 is 24.5 Å². The molecule has 110 valence electrons. The van der Waals surface area contributed by atoms with Gasteiger partial charge in [-0.15, -0.1) is 0 Å². The van der Waals surface area contributed by atoms with Gasteiger partial charge in [0.2, 0.25) is 6.29 Å². The molecule has 0 saturated heterocycles. The molecule has 1 aliphatic carbocycles. The van der Waals surface area contributed by atoms with E-state index in [2.05, 4.69) is 0 Å². The molecule has 6 heteroatoms. The van der Waals surface area contributed by atoms with E-state index in [1.165, 1.54) is 6.26 Å². The molecule has 0 radical (unpaired) electrons. The predicted octanol–water partition coefficient (Wildman–Crippen LogP) is 1.47. The molecule has 1 heterocycles. The number of aldehydes is 1. The second-order valence-corrected chi connectivity index (χ2v) is 4.73. The first-order chi connectivity index (χ1) is 9.58. The van der Waals surface area contributed by atoms with Crippen LogP contribution in [0.4, 0.5) is 0 Å². The smallest absolute Gasteiger partial charge is 0.335 e. The SMILES string of the molecule is CCOC(C)O[C@H]1OC=C(C(=O)O)[C@H]2CC=C(C=O)[C@H]12. The first-order valence-corrected chi connectivity index (χ1v) is 6.59. The summed E-state index contributed by atoms with van der Waals surface area (Å²) in [5.41, 5.74) is 0.697. The normalized spacial score (nSPS) is 29.8. The largest absolute Gasteiger partial charge is 0.478 e. The number of carboxylic acids is 1. The Morgan fingerprint density at radius 3 is 3.00 bits per heavy atom. The summed E-state index contributed by atoms with van der Waals surface area (Å²) < 4.78 is 16.3. The lowest BCUT2D eigenvalue weighted by Gasteiger charge is -2.34. The Labute approximate surface area is 117 Å². The summed E-state index contributed by atoms with van der Waals surface area (Å²) in [6.07, 6.45) is 3.01. The highest BCUT2D eigenvalue weighted by molar-refractivity contribution is 5.88. The number of hydrogen-bond donors (Lipinski definition) is 1. The van der Waals surface area contributed by atoms with Gasteiger partial charge in [0.05, 0.1) is 17.8 Å². The Kier molecular flexibility index (Phi) is 4.57. The average molecular weight is 282 g/mol. The molecule has 2 aliphatic rings. The van der Waals surface area contributed by atoms with Crippen molar-refractivity contribution in [3.8, 4) is 0 Å². The van der Waals surface area contributed by atoms with Crippen molar-refractivity contribution in [2.75, 3.05) is 6.61 Å². The van der Waals surface area contributed by atoms with Gasteiger partial charge < -0.3 is 19.3 Å². The van der Waals surface area contributed by atoms with Crippen LogP contribution >= 0.6 is 0 Å². The summed E-state index contributed by atoms with van der Waals surface area (Å²) in [4.78, 5) is 22.3. The summed E-state index contributed by atoms with van der Waals surface area (Å²) in [6, 6.07) is 0. The summed E-state index contributed by atoms with van der Waals surface area (Å²) in [5.74, 6) is -1.72. The molecule has 1 unspecified atom stereocenters. The molecule has 0 fully saturated rings. The zero-order chi connectivity index (χ0) is 14.7. The van der Waals surface area contributed by atoms with E-state index in [1.54, 1.807) is 13.0 Å². The van der Waals surface area contributed by atoms with Gasteiger partial charge >= 0.3 is 5.97 Å². The molecule has 20 heavy (non-hydrogen) atoms. The zero-order valence-corrected chi connectivity index (χ0v) is 11.4. The Morgan fingerprint density at radius 2 is 2.40 bits per heavy atom. The van der Waals surface area contributed by atoms with Crippen LogP contribution in [-0.2, 0) is 23.8 Å². The molecule has 0 bridgehead atoms. The minimum Gasteiger partial charge on any atom is -0.478 e. The highest BCUT2D eigenvalue weighted by Crippen LogP contribution is 2.43. The maximum Gasteiger partial charge on any atom is 0.335 e. The number of fused-ring (bicyclic) bond motifs is 1. The number of carbonyl (C=O) groups is 2. The fourth-order valence-electron chi connectivity index (χ4n) is 2.67. The van der Waals surface area contributed by atoms with Crippen molar-refractivity contribution < 1.29 is 28.9 Å². The number of ether oxygens (including phenoxy) is 3. The molecule has 0 aromatic heterocycles. The van der Waals surface area contributed by atoms with Gasteiger partial charge in [-0.25, -0.2) is 4.79 Å². The van der Waals surface area contributed by atoms with Crippen molar-refractivity contribution in [1.29, 1.82) is 0 Å². The lowest BCUT2D eigenvalue weighted by molar-refractivity contribution is -0.242. The van der Waals surface area contributed by atoms with E-state index in [1.807, 2.05) is 6.92 Å². The highest BCUT2D eigenvalue weighted by Gasteiger charge is 2.45. The van der Waals surface area contributed by atoms with Crippen LogP contribution in [0, 0.1) is 11.8 Å². The standard InChI is InChI=1S/C14H18O6/c1-3-18-8(2)20-14-12-9(6-15)4-5-10(12)11(7-19-14)13(16)17/h4,6-8,10,12,14H,3,5H2,1-2H3,(H,16,17)/t8?,10-,12+,14-/m1/s1. The third kappa shape index (κ3) is 2.76. The van der Waals surface area contributed by atoms with Gasteiger partial charge in [0, 0.05) is 12.5 Å². The monoisotopic (exact) mass is 282 g/mol. The Balaban J connectivity index is 2.19. The van der Waals surface area contributed by atoms with Crippen LogP contribution in [0.25, 0.3) is 0 Å². The van der Waals surface area contributed by atoms with Crippen molar-refractivity contribution >= 4 is 12.3 Å². The van der Waals surface area contributed by atoms with Crippen LogP contribution in [-0.4, -0.2) is 36.5 Å². The van der Waals surface area contributed by atoms with E-state index in [9.17, 15) is 14.7 Å².